The number of aliphatic hydroxyl groups excluding tert-OH is 1. The van der Waals surface area contributed by atoms with Gasteiger partial charge in [-0.25, -0.2) is 0 Å². The van der Waals surface area contributed by atoms with Gasteiger partial charge in [-0.05, 0) is 41.7 Å². The molecule has 2 aromatic rings. The van der Waals surface area contributed by atoms with Crippen molar-refractivity contribution in [3.8, 4) is 11.5 Å². The van der Waals surface area contributed by atoms with Crippen molar-refractivity contribution in [2.75, 3.05) is 13.2 Å². The van der Waals surface area contributed by atoms with Crippen molar-refractivity contribution in [3.05, 3.63) is 59.2 Å². The zero-order valence-corrected chi connectivity index (χ0v) is 15.4. The van der Waals surface area contributed by atoms with Gasteiger partial charge in [0.2, 0.25) is 0 Å². The molecule has 0 aliphatic heterocycles. The second-order valence-electron chi connectivity index (χ2n) is 6.45. The largest absolute Gasteiger partial charge is 0.490 e. The lowest BCUT2D eigenvalue weighted by molar-refractivity contribution is 0.248. The highest BCUT2D eigenvalue weighted by molar-refractivity contribution is 5.43. The van der Waals surface area contributed by atoms with Gasteiger partial charge in [0.05, 0.1) is 19.8 Å². The topological polar surface area (TPSA) is 50.7 Å². The average Bonchev–Trinajstić information content (AvgIpc) is 2.61. The highest BCUT2D eigenvalue weighted by atomic mass is 16.5. The summed E-state index contributed by atoms with van der Waals surface area (Å²) in [6, 6.07) is 14.0. The normalized spacial score (nSPS) is 10.9. The summed E-state index contributed by atoms with van der Waals surface area (Å²) in [7, 11) is 0. The summed E-state index contributed by atoms with van der Waals surface area (Å²) in [5.41, 5.74) is 3.22. The van der Waals surface area contributed by atoms with Crippen LogP contribution in [0.5, 0.6) is 11.5 Å². The fraction of sp³-hybridized carbons (Fsp3) is 0.429. The highest BCUT2D eigenvalue weighted by Gasteiger charge is 2.08. The van der Waals surface area contributed by atoms with Gasteiger partial charge in [0.1, 0.15) is 0 Å². The minimum Gasteiger partial charge on any atom is -0.490 e. The lowest BCUT2D eigenvalue weighted by Gasteiger charge is -2.15. The fourth-order valence-corrected chi connectivity index (χ4v) is 2.53. The quantitative estimate of drug-likeness (QED) is 0.687. The van der Waals surface area contributed by atoms with Crippen LogP contribution in [-0.4, -0.2) is 18.3 Å². The van der Waals surface area contributed by atoms with Gasteiger partial charge in [-0.1, -0.05) is 44.2 Å². The molecule has 4 nitrogen and oxygen atoms in total. The van der Waals surface area contributed by atoms with E-state index in [1.165, 1.54) is 0 Å². The molecule has 0 saturated heterocycles. The van der Waals surface area contributed by atoms with Crippen molar-refractivity contribution in [1.82, 2.24) is 5.32 Å². The molecule has 25 heavy (non-hydrogen) atoms. The van der Waals surface area contributed by atoms with Crippen LogP contribution in [0.2, 0.25) is 0 Å². The highest BCUT2D eigenvalue weighted by Crippen LogP contribution is 2.29. The molecular weight excluding hydrogens is 314 g/mol. The molecule has 0 unspecified atom stereocenters. The lowest BCUT2D eigenvalue weighted by Crippen LogP contribution is -2.14. The fourth-order valence-electron chi connectivity index (χ4n) is 2.53. The van der Waals surface area contributed by atoms with E-state index < -0.39 is 0 Å². The van der Waals surface area contributed by atoms with Crippen LogP contribution in [0, 0.1) is 5.92 Å². The van der Waals surface area contributed by atoms with Crippen molar-refractivity contribution < 1.29 is 14.6 Å². The molecule has 0 aliphatic rings. The van der Waals surface area contributed by atoms with Crippen LogP contribution in [0.1, 0.15) is 37.5 Å². The van der Waals surface area contributed by atoms with E-state index >= 15 is 0 Å². The van der Waals surface area contributed by atoms with Crippen molar-refractivity contribution in [3.63, 3.8) is 0 Å². The van der Waals surface area contributed by atoms with E-state index in [0.717, 1.165) is 34.7 Å². The Bertz CT molecular complexity index is 655. The van der Waals surface area contributed by atoms with Crippen molar-refractivity contribution in [1.29, 1.82) is 0 Å². The summed E-state index contributed by atoms with van der Waals surface area (Å²) < 4.78 is 11.6. The molecule has 2 N–H and O–H groups in total. The molecular formula is C21H29NO3. The Labute approximate surface area is 150 Å². The van der Waals surface area contributed by atoms with Crippen LogP contribution < -0.4 is 14.8 Å². The second kappa shape index (κ2) is 10.1. The maximum atomic E-state index is 9.39. The molecule has 4 heteroatoms. The Morgan fingerprint density at radius 3 is 2.40 bits per heavy atom. The van der Waals surface area contributed by atoms with Gasteiger partial charge in [-0.2, -0.15) is 0 Å². The maximum Gasteiger partial charge on any atom is 0.161 e. The first-order valence-electron chi connectivity index (χ1n) is 8.91. The van der Waals surface area contributed by atoms with Crippen molar-refractivity contribution >= 4 is 0 Å². The van der Waals surface area contributed by atoms with Gasteiger partial charge in [0, 0.05) is 13.1 Å². The van der Waals surface area contributed by atoms with E-state index in [1.54, 1.807) is 0 Å². The van der Waals surface area contributed by atoms with Gasteiger partial charge < -0.3 is 19.9 Å². The zero-order chi connectivity index (χ0) is 18.1. The number of aliphatic hydroxyl groups is 1. The molecule has 0 fully saturated rings. The summed E-state index contributed by atoms with van der Waals surface area (Å²) in [4.78, 5) is 0. The lowest BCUT2D eigenvalue weighted by atomic mass is 10.1. The molecule has 2 aromatic carbocycles. The molecule has 136 valence electrons. The Hall–Kier alpha value is -2.04. The van der Waals surface area contributed by atoms with Gasteiger partial charge in [0.25, 0.3) is 0 Å². The number of ether oxygens (including phenoxy) is 2. The number of hydrogen-bond donors (Lipinski definition) is 2. The number of rotatable bonds is 10. The van der Waals surface area contributed by atoms with Crippen LogP contribution in [0.25, 0.3) is 0 Å². The van der Waals surface area contributed by atoms with E-state index in [2.05, 4.69) is 25.2 Å². The third-order valence-corrected chi connectivity index (χ3v) is 3.81. The Morgan fingerprint density at radius 2 is 1.72 bits per heavy atom. The monoisotopic (exact) mass is 343 g/mol. The molecule has 0 saturated carbocycles. The van der Waals surface area contributed by atoms with E-state index in [1.807, 2.05) is 43.3 Å². The molecule has 0 heterocycles. The van der Waals surface area contributed by atoms with Gasteiger partial charge in [-0.3, -0.25) is 0 Å². The smallest absolute Gasteiger partial charge is 0.161 e. The third kappa shape index (κ3) is 6.07. The summed E-state index contributed by atoms with van der Waals surface area (Å²) >= 11 is 0. The third-order valence-electron chi connectivity index (χ3n) is 3.81. The number of hydrogen-bond acceptors (Lipinski definition) is 4. The van der Waals surface area contributed by atoms with E-state index in [9.17, 15) is 5.11 Å². The Morgan fingerprint density at radius 1 is 0.960 bits per heavy atom. The molecule has 2 rings (SSSR count). The van der Waals surface area contributed by atoms with Gasteiger partial charge in [-0.15, -0.1) is 0 Å². The predicted molar refractivity (Wildman–Crippen MR) is 101 cm³/mol. The van der Waals surface area contributed by atoms with Crippen molar-refractivity contribution in [2.24, 2.45) is 5.92 Å². The zero-order valence-electron chi connectivity index (χ0n) is 15.4. The first kappa shape index (κ1) is 19.3. The summed E-state index contributed by atoms with van der Waals surface area (Å²) in [6.07, 6.45) is 0. The van der Waals surface area contributed by atoms with Crippen LogP contribution >= 0.6 is 0 Å². The first-order valence-corrected chi connectivity index (χ1v) is 8.91. The maximum absolute atomic E-state index is 9.39. The minimum atomic E-state index is 0.0637. The molecule has 0 bridgehead atoms. The second-order valence-corrected chi connectivity index (χ2v) is 6.45. The Kier molecular flexibility index (Phi) is 7.76. The van der Waals surface area contributed by atoms with Crippen LogP contribution in [0.3, 0.4) is 0 Å². The molecule has 0 aromatic heterocycles. The summed E-state index contributed by atoms with van der Waals surface area (Å²) in [5, 5.41) is 12.8. The van der Waals surface area contributed by atoms with E-state index in [4.69, 9.17) is 9.47 Å². The number of benzene rings is 2. The molecule has 0 radical (unpaired) electrons. The van der Waals surface area contributed by atoms with Crippen LogP contribution in [0.15, 0.2) is 42.5 Å². The van der Waals surface area contributed by atoms with Crippen LogP contribution in [0.4, 0.5) is 0 Å². The average molecular weight is 343 g/mol. The number of nitrogens with one attached hydrogen (secondary N) is 1. The summed E-state index contributed by atoms with van der Waals surface area (Å²) in [6.45, 7) is 9.02. The molecule has 0 amide bonds. The Balaban J connectivity index is 1.98. The SMILES string of the molecule is CCOc1cc(CNCc2ccccc2CO)ccc1OCC(C)C. The molecule has 0 spiro atoms. The van der Waals surface area contributed by atoms with Crippen LogP contribution in [-0.2, 0) is 19.7 Å². The van der Waals surface area contributed by atoms with Gasteiger partial charge in [0.15, 0.2) is 11.5 Å². The van der Waals surface area contributed by atoms with Gasteiger partial charge >= 0.3 is 0 Å². The predicted octanol–water partition coefficient (Wildman–Crippen LogP) is 3.90. The molecule has 0 atom stereocenters. The van der Waals surface area contributed by atoms with E-state index in [-0.39, 0.29) is 6.61 Å². The standard InChI is InChI=1S/C21H29NO3/c1-4-24-21-11-17(9-10-20(21)25-15-16(2)3)12-22-13-18-7-5-6-8-19(18)14-23/h5-11,16,22-23H,4,12-15H2,1-3H3. The first-order chi connectivity index (χ1) is 12.1. The van der Waals surface area contributed by atoms with E-state index in [0.29, 0.717) is 25.7 Å². The summed E-state index contributed by atoms with van der Waals surface area (Å²) in [5.74, 6) is 2.06. The van der Waals surface area contributed by atoms with Crippen molar-refractivity contribution in [2.45, 2.75) is 40.5 Å². The minimum absolute atomic E-state index is 0.0637. The molecule has 0 aliphatic carbocycles.